The van der Waals surface area contributed by atoms with Crippen molar-refractivity contribution in [1.82, 2.24) is 4.90 Å². The monoisotopic (exact) mass is 553 g/mol. The summed E-state index contributed by atoms with van der Waals surface area (Å²) < 4.78 is 19.1. The first-order valence-corrected chi connectivity index (χ1v) is 18.1. The minimum absolute atomic E-state index is 0.120. The van der Waals surface area contributed by atoms with E-state index in [1.807, 2.05) is 0 Å². The summed E-state index contributed by atoms with van der Waals surface area (Å²) in [5, 5.41) is 0.293. The highest BCUT2D eigenvalue weighted by Crippen LogP contribution is 2.39. The van der Waals surface area contributed by atoms with Crippen LogP contribution in [-0.2, 0) is 19.3 Å². The molecule has 1 aliphatic carbocycles. The van der Waals surface area contributed by atoms with Crippen LogP contribution in [0.5, 0.6) is 0 Å². The molecule has 1 aromatic carbocycles. The van der Waals surface area contributed by atoms with Gasteiger partial charge in [-0.25, -0.2) is 0 Å². The van der Waals surface area contributed by atoms with E-state index in [-0.39, 0.29) is 23.9 Å². The van der Waals surface area contributed by atoms with Gasteiger partial charge in [-0.05, 0) is 96.6 Å². The van der Waals surface area contributed by atoms with Crippen LogP contribution in [0.4, 0.5) is 0 Å². The fraction of sp³-hybridized carbons (Fsp3) is 0.697. The van der Waals surface area contributed by atoms with Gasteiger partial charge in [-0.2, -0.15) is 0 Å². The zero-order chi connectivity index (χ0) is 29.1. The van der Waals surface area contributed by atoms with Gasteiger partial charge in [-0.15, -0.1) is 0 Å². The maximum absolute atomic E-state index is 6.36. The molecule has 1 aliphatic heterocycles. The maximum Gasteiger partial charge on any atom is 0.495 e. The third-order valence-corrected chi connectivity index (χ3v) is 14.5. The van der Waals surface area contributed by atoms with E-state index in [9.17, 15) is 0 Å². The Morgan fingerprint density at radius 2 is 1.56 bits per heavy atom. The molecule has 39 heavy (non-hydrogen) atoms. The van der Waals surface area contributed by atoms with E-state index in [0.717, 1.165) is 25.0 Å². The zero-order valence-corrected chi connectivity index (χ0v) is 27.9. The number of rotatable bonds is 12. The number of likely N-dealkylation sites (N-methyl/N-ethyl adjacent to an activating group) is 1. The number of hydrogen-bond acceptors (Lipinski definition) is 4. The third kappa shape index (κ3) is 7.37. The highest BCUT2D eigenvalue weighted by Gasteiger charge is 2.52. The van der Waals surface area contributed by atoms with E-state index >= 15 is 0 Å². The Labute approximate surface area is 241 Å². The van der Waals surface area contributed by atoms with Gasteiger partial charge in [-0.3, -0.25) is 4.90 Å². The van der Waals surface area contributed by atoms with Gasteiger partial charge in [0, 0.05) is 6.61 Å². The van der Waals surface area contributed by atoms with Gasteiger partial charge in [0.2, 0.25) is 0 Å². The second-order valence-corrected chi connectivity index (χ2v) is 19.2. The van der Waals surface area contributed by atoms with Crippen LogP contribution in [-0.4, -0.2) is 51.7 Å². The summed E-state index contributed by atoms with van der Waals surface area (Å²) in [5.41, 5.74) is 2.90. The van der Waals surface area contributed by atoms with Crippen molar-refractivity contribution in [2.24, 2.45) is 0 Å². The van der Waals surface area contributed by atoms with Gasteiger partial charge >= 0.3 is 7.12 Å². The summed E-state index contributed by atoms with van der Waals surface area (Å²) in [6.45, 7) is 24.3. The number of aryl methyl sites for hydroxylation is 1. The van der Waals surface area contributed by atoms with E-state index in [1.54, 1.807) is 0 Å². The molecule has 0 saturated carbocycles. The number of unbranched alkanes of at least 4 members (excludes halogenated alkanes) is 4. The normalized spacial score (nSPS) is 22.7. The van der Waals surface area contributed by atoms with Crippen LogP contribution in [0.3, 0.4) is 0 Å². The van der Waals surface area contributed by atoms with Crippen LogP contribution in [0.1, 0.15) is 98.1 Å². The molecule has 0 bridgehead atoms. The molecule has 0 aromatic heterocycles. The summed E-state index contributed by atoms with van der Waals surface area (Å²) >= 11 is 0. The quantitative estimate of drug-likeness (QED) is 0.194. The van der Waals surface area contributed by atoms with E-state index in [4.69, 9.17) is 13.7 Å². The SMILES string of the molecule is Cc1cc(C2(N(C)CCCCCCCO[Si](C)(C)C(C)(C)C)C=CC=CC2)ccc1B1OC(C)(C)C(C)(C)O1. The lowest BCUT2D eigenvalue weighted by Gasteiger charge is -2.41. The Balaban J connectivity index is 1.56. The molecule has 6 heteroatoms. The molecule has 0 N–H and O–H groups in total. The van der Waals surface area contributed by atoms with E-state index in [2.05, 4.69) is 123 Å². The molecule has 0 amide bonds. The van der Waals surface area contributed by atoms with Crippen molar-refractivity contribution in [3.8, 4) is 0 Å². The molecule has 0 spiro atoms. The molecule has 1 atom stereocenters. The average molecular weight is 554 g/mol. The van der Waals surface area contributed by atoms with Crippen LogP contribution in [0.15, 0.2) is 42.5 Å². The Morgan fingerprint density at radius 3 is 2.13 bits per heavy atom. The standard InChI is InChI=1S/C33H56BNO3Si/c1-27-26-28(20-21-29(27)34-37-31(5,6)32(7,8)38-34)33(22-16-15-17-23-33)35(9)24-18-13-12-14-19-25-36-39(10,11)30(2,3)4/h15-17,20-22,26H,12-14,18-19,23-25H2,1-11H3. The lowest BCUT2D eigenvalue weighted by atomic mass is 9.73. The van der Waals surface area contributed by atoms with E-state index in [0.29, 0.717) is 5.04 Å². The van der Waals surface area contributed by atoms with Gasteiger partial charge in [0.05, 0.1) is 16.7 Å². The zero-order valence-electron chi connectivity index (χ0n) is 26.9. The van der Waals surface area contributed by atoms with Crippen molar-refractivity contribution in [2.75, 3.05) is 20.2 Å². The largest absolute Gasteiger partial charge is 0.495 e. The predicted molar refractivity (Wildman–Crippen MR) is 170 cm³/mol. The Kier molecular flexibility index (Phi) is 10.3. The summed E-state index contributed by atoms with van der Waals surface area (Å²) in [5.74, 6) is 0. The van der Waals surface area contributed by atoms with Crippen molar-refractivity contribution in [3.05, 3.63) is 53.6 Å². The van der Waals surface area contributed by atoms with Crippen molar-refractivity contribution in [1.29, 1.82) is 0 Å². The first kappa shape index (κ1) is 32.3. The van der Waals surface area contributed by atoms with Crippen LogP contribution >= 0.6 is 0 Å². The number of allylic oxidation sites excluding steroid dienone is 2. The molecule has 1 unspecified atom stereocenters. The van der Waals surface area contributed by atoms with Crippen molar-refractivity contribution < 1.29 is 13.7 Å². The number of nitrogens with zero attached hydrogens (tertiary/aromatic N) is 1. The second-order valence-electron chi connectivity index (χ2n) is 14.4. The maximum atomic E-state index is 6.36. The minimum atomic E-state index is -1.62. The average Bonchev–Trinajstić information content (AvgIpc) is 3.06. The minimum Gasteiger partial charge on any atom is -0.417 e. The van der Waals surface area contributed by atoms with Crippen LogP contribution in [0, 0.1) is 6.92 Å². The lowest BCUT2D eigenvalue weighted by molar-refractivity contribution is 0.00578. The summed E-state index contributed by atoms with van der Waals surface area (Å²) in [7, 11) is 0.343. The molecule has 0 radical (unpaired) electrons. The number of benzene rings is 1. The molecular weight excluding hydrogens is 497 g/mol. The van der Waals surface area contributed by atoms with Gasteiger partial charge in [0.15, 0.2) is 8.32 Å². The molecule has 1 saturated heterocycles. The molecule has 4 nitrogen and oxygen atoms in total. The number of hydrogen-bond donors (Lipinski definition) is 0. The summed E-state index contributed by atoms with van der Waals surface area (Å²) in [6, 6.07) is 6.86. The first-order valence-electron chi connectivity index (χ1n) is 15.2. The third-order valence-electron chi connectivity index (χ3n) is 9.91. The topological polar surface area (TPSA) is 30.9 Å². The van der Waals surface area contributed by atoms with Crippen molar-refractivity contribution in [3.63, 3.8) is 0 Å². The van der Waals surface area contributed by atoms with Crippen LogP contribution < -0.4 is 5.46 Å². The summed E-state index contributed by atoms with van der Waals surface area (Å²) in [4.78, 5) is 2.55. The predicted octanol–water partition coefficient (Wildman–Crippen LogP) is 7.91. The van der Waals surface area contributed by atoms with E-state index in [1.165, 1.54) is 43.2 Å². The first-order chi connectivity index (χ1) is 18.0. The highest BCUT2D eigenvalue weighted by atomic mass is 28.4. The van der Waals surface area contributed by atoms with E-state index < -0.39 is 8.32 Å². The molecule has 2 aliphatic rings. The second kappa shape index (κ2) is 12.4. The highest BCUT2D eigenvalue weighted by molar-refractivity contribution is 6.74. The molecule has 218 valence electrons. The Bertz CT molecular complexity index is 1010. The smallest absolute Gasteiger partial charge is 0.417 e. The molecule has 1 fully saturated rings. The van der Waals surface area contributed by atoms with Crippen LogP contribution in [0.2, 0.25) is 18.1 Å². The van der Waals surface area contributed by atoms with Crippen LogP contribution in [0.25, 0.3) is 0 Å². The van der Waals surface area contributed by atoms with Crippen molar-refractivity contribution in [2.45, 2.75) is 129 Å². The van der Waals surface area contributed by atoms with Gasteiger partial charge in [0.25, 0.3) is 0 Å². The Morgan fingerprint density at radius 1 is 0.949 bits per heavy atom. The molecule has 3 rings (SSSR count). The van der Waals surface area contributed by atoms with Crippen molar-refractivity contribution >= 4 is 20.9 Å². The van der Waals surface area contributed by atoms with Gasteiger partial charge in [-0.1, -0.05) is 88.1 Å². The van der Waals surface area contributed by atoms with Gasteiger partial charge in [0.1, 0.15) is 0 Å². The fourth-order valence-corrected chi connectivity index (χ4v) is 6.32. The molecule has 1 aromatic rings. The fourth-order valence-electron chi connectivity index (χ4n) is 5.23. The Hall–Kier alpha value is -1.18. The molecular formula is C33H56BNO3Si. The lowest BCUT2D eigenvalue weighted by Crippen LogP contribution is -2.44. The summed E-state index contributed by atoms with van der Waals surface area (Å²) in [6.07, 6.45) is 16.2. The van der Waals surface area contributed by atoms with Gasteiger partial charge < -0.3 is 13.7 Å². The molecule has 1 heterocycles.